The molecule has 9 nitrogen and oxygen atoms in total. The zero-order valence-electron chi connectivity index (χ0n) is 16.3. The second-order valence-corrected chi connectivity index (χ2v) is 7.64. The van der Waals surface area contributed by atoms with Gasteiger partial charge < -0.3 is 19.7 Å². The fraction of sp³-hybridized carbons (Fsp3) is 0.238. The molecular formula is C21H18ClN5O4. The van der Waals surface area contributed by atoms with Gasteiger partial charge in [-0.05, 0) is 30.3 Å². The maximum atomic E-state index is 12.8. The van der Waals surface area contributed by atoms with Crippen LogP contribution in [-0.2, 0) is 9.59 Å². The van der Waals surface area contributed by atoms with E-state index in [1.807, 2.05) is 0 Å². The second kappa shape index (κ2) is 7.92. The van der Waals surface area contributed by atoms with Crippen molar-refractivity contribution in [1.29, 1.82) is 0 Å². The van der Waals surface area contributed by atoms with E-state index in [2.05, 4.69) is 15.4 Å². The Morgan fingerprint density at radius 3 is 2.74 bits per heavy atom. The Kier molecular flexibility index (Phi) is 4.95. The van der Waals surface area contributed by atoms with Crippen LogP contribution in [0, 0.1) is 5.92 Å². The number of nitrogens with zero attached hydrogens (tertiary/aromatic N) is 4. The number of amides is 2. The summed E-state index contributed by atoms with van der Waals surface area (Å²) in [6.07, 6.45) is 3.08. The van der Waals surface area contributed by atoms with Crippen LogP contribution in [0.15, 0.2) is 49.1 Å². The molecule has 3 heterocycles. The van der Waals surface area contributed by atoms with Gasteiger partial charge in [-0.2, -0.15) is 5.10 Å². The van der Waals surface area contributed by atoms with E-state index in [1.165, 1.54) is 17.3 Å². The maximum Gasteiger partial charge on any atom is 0.229 e. The molecule has 10 heteroatoms. The highest BCUT2D eigenvalue weighted by Gasteiger charge is 2.35. The van der Waals surface area contributed by atoms with Crippen molar-refractivity contribution in [1.82, 2.24) is 14.8 Å². The van der Waals surface area contributed by atoms with Crippen LogP contribution in [0.2, 0.25) is 5.02 Å². The number of nitrogens with one attached hydrogen (secondary N) is 1. The number of benzene rings is 2. The van der Waals surface area contributed by atoms with Gasteiger partial charge >= 0.3 is 0 Å². The summed E-state index contributed by atoms with van der Waals surface area (Å²) in [5.74, 6) is 0.428. The van der Waals surface area contributed by atoms with Crippen LogP contribution in [0.5, 0.6) is 11.5 Å². The molecule has 2 aromatic carbocycles. The van der Waals surface area contributed by atoms with Crippen LogP contribution in [0.4, 0.5) is 11.4 Å². The molecule has 1 fully saturated rings. The highest BCUT2D eigenvalue weighted by Crippen LogP contribution is 2.36. The van der Waals surface area contributed by atoms with Crippen molar-refractivity contribution in [2.75, 3.05) is 30.0 Å². The molecule has 1 saturated heterocycles. The molecule has 0 saturated carbocycles. The van der Waals surface area contributed by atoms with Crippen LogP contribution in [-0.4, -0.2) is 46.3 Å². The monoisotopic (exact) mass is 439 g/mol. The largest absolute Gasteiger partial charge is 0.486 e. The van der Waals surface area contributed by atoms with Crippen molar-refractivity contribution in [3.8, 4) is 17.2 Å². The third kappa shape index (κ3) is 3.79. The number of anilines is 2. The van der Waals surface area contributed by atoms with Gasteiger partial charge in [0.15, 0.2) is 11.5 Å². The van der Waals surface area contributed by atoms with Crippen molar-refractivity contribution in [3.05, 3.63) is 54.1 Å². The smallest absolute Gasteiger partial charge is 0.229 e. The molecule has 0 unspecified atom stereocenters. The Hall–Kier alpha value is -3.59. The van der Waals surface area contributed by atoms with Gasteiger partial charge in [0.05, 0.1) is 16.6 Å². The molecule has 1 N–H and O–H groups in total. The highest BCUT2D eigenvalue weighted by atomic mass is 35.5. The van der Waals surface area contributed by atoms with Crippen LogP contribution >= 0.6 is 11.6 Å². The Labute approximate surface area is 182 Å². The lowest BCUT2D eigenvalue weighted by atomic mass is 10.1. The van der Waals surface area contributed by atoms with E-state index < -0.39 is 5.92 Å². The number of fused-ring (bicyclic) bond motifs is 1. The van der Waals surface area contributed by atoms with Crippen LogP contribution in [0.1, 0.15) is 6.42 Å². The molecule has 158 valence electrons. The van der Waals surface area contributed by atoms with Crippen molar-refractivity contribution in [3.63, 3.8) is 0 Å². The van der Waals surface area contributed by atoms with Gasteiger partial charge in [-0.3, -0.25) is 9.59 Å². The summed E-state index contributed by atoms with van der Waals surface area (Å²) >= 11 is 6.32. The minimum Gasteiger partial charge on any atom is -0.486 e. The molecule has 0 radical (unpaired) electrons. The summed E-state index contributed by atoms with van der Waals surface area (Å²) < 4.78 is 12.7. The number of ether oxygens (including phenoxy) is 2. The average molecular weight is 440 g/mol. The molecule has 0 bridgehead atoms. The fourth-order valence-corrected chi connectivity index (χ4v) is 3.95. The first-order chi connectivity index (χ1) is 15.1. The van der Waals surface area contributed by atoms with Gasteiger partial charge in [-0.15, -0.1) is 0 Å². The normalized spacial score (nSPS) is 17.6. The van der Waals surface area contributed by atoms with E-state index in [-0.39, 0.29) is 24.8 Å². The molecule has 2 aliphatic heterocycles. The molecule has 2 amide bonds. The zero-order chi connectivity index (χ0) is 21.4. The quantitative estimate of drug-likeness (QED) is 0.671. The number of carbonyl (C=O) groups is 2. The lowest BCUT2D eigenvalue weighted by Crippen LogP contribution is -2.28. The molecule has 2 aliphatic rings. The summed E-state index contributed by atoms with van der Waals surface area (Å²) in [5.41, 5.74) is 1.88. The summed E-state index contributed by atoms with van der Waals surface area (Å²) in [7, 11) is 0. The summed E-state index contributed by atoms with van der Waals surface area (Å²) in [6, 6.07) is 10.5. The van der Waals surface area contributed by atoms with Gasteiger partial charge in [0.25, 0.3) is 0 Å². The number of aromatic nitrogens is 3. The van der Waals surface area contributed by atoms with Gasteiger partial charge in [-0.1, -0.05) is 11.6 Å². The molecule has 1 aromatic heterocycles. The number of hydrogen-bond acceptors (Lipinski definition) is 6. The highest BCUT2D eigenvalue weighted by molar-refractivity contribution is 6.32. The van der Waals surface area contributed by atoms with E-state index in [0.29, 0.717) is 46.8 Å². The Bertz CT molecular complexity index is 1150. The SMILES string of the molecule is O=C(Nc1ccc(-n2cncn2)c(Cl)c1)[C@@H]1CC(=O)N(c2ccc3c(c2)OCCO3)C1. The maximum absolute atomic E-state index is 12.8. The molecular weight excluding hydrogens is 422 g/mol. The summed E-state index contributed by atoms with van der Waals surface area (Å²) in [5, 5.41) is 7.31. The predicted octanol–water partition coefficient (Wildman–Crippen LogP) is 2.68. The third-order valence-electron chi connectivity index (χ3n) is 5.21. The van der Waals surface area contributed by atoms with Gasteiger partial charge in [0.2, 0.25) is 11.8 Å². The standard InChI is InChI=1S/C21H18ClN5O4/c22-16-8-14(1-3-17(16)27-12-23-11-24-27)25-21(29)13-7-20(28)26(10-13)15-2-4-18-19(9-15)31-6-5-30-18/h1-4,8-9,11-13H,5-7,10H2,(H,25,29)/t13-/m1/s1. The number of halogens is 1. The zero-order valence-corrected chi connectivity index (χ0v) is 17.1. The van der Waals surface area contributed by atoms with Gasteiger partial charge in [0, 0.05) is 30.4 Å². The number of hydrogen-bond donors (Lipinski definition) is 1. The second-order valence-electron chi connectivity index (χ2n) is 7.23. The van der Waals surface area contributed by atoms with Crippen molar-refractivity contribution >= 4 is 34.8 Å². The Morgan fingerprint density at radius 2 is 1.97 bits per heavy atom. The molecule has 0 aliphatic carbocycles. The van der Waals surface area contributed by atoms with E-state index in [0.717, 1.165) is 0 Å². The van der Waals surface area contributed by atoms with Crippen LogP contribution < -0.4 is 19.7 Å². The lowest BCUT2D eigenvalue weighted by Gasteiger charge is -2.22. The van der Waals surface area contributed by atoms with E-state index in [9.17, 15) is 9.59 Å². The first kappa shape index (κ1) is 19.4. The topological polar surface area (TPSA) is 98.6 Å². The van der Waals surface area contributed by atoms with E-state index in [1.54, 1.807) is 41.3 Å². The lowest BCUT2D eigenvalue weighted by molar-refractivity contribution is -0.122. The average Bonchev–Trinajstić information content (AvgIpc) is 3.43. The molecule has 31 heavy (non-hydrogen) atoms. The summed E-state index contributed by atoms with van der Waals surface area (Å²) in [6.45, 7) is 1.25. The minimum atomic E-state index is -0.477. The molecule has 5 rings (SSSR count). The number of carbonyl (C=O) groups excluding carboxylic acids is 2. The first-order valence-electron chi connectivity index (χ1n) is 9.74. The van der Waals surface area contributed by atoms with E-state index >= 15 is 0 Å². The number of rotatable bonds is 4. The predicted molar refractivity (Wildman–Crippen MR) is 113 cm³/mol. The molecule has 0 spiro atoms. The van der Waals surface area contributed by atoms with Crippen LogP contribution in [0.3, 0.4) is 0 Å². The van der Waals surface area contributed by atoms with Crippen molar-refractivity contribution in [2.45, 2.75) is 6.42 Å². The van der Waals surface area contributed by atoms with E-state index in [4.69, 9.17) is 21.1 Å². The van der Waals surface area contributed by atoms with Crippen LogP contribution in [0.25, 0.3) is 5.69 Å². The Morgan fingerprint density at radius 1 is 1.13 bits per heavy atom. The van der Waals surface area contributed by atoms with Gasteiger partial charge in [-0.25, -0.2) is 9.67 Å². The van der Waals surface area contributed by atoms with Crippen molar-refractivity contribution in [2.24, 2.45) is 5.92 Å². The summed E-state index contributed by atoms with van der Waals surface area (Å²) in [4.78, 5) is 30.9. The van der Waals surface area contributed by atoms with Crippen molar-refractivity contribution < 1.29 is 19.1 Å². The first-order valence-corrected chi connectivity index (χ1v) is 10.1. The molecule has 3 aromatic rings. The minimum absolute atomic E-state index is 0.114. The van der Waals surface area contributed by atoms with Gasteiger partial charge in [0.1, 0.15) is 25.9 Å². The fourth-order valence-electron chi connectivity index (χ4n) is 3.68. The molecule has 1 atom stereocenters. The third-order valence-corrected chi connectivity index (χ3v) is 5.52. The Balaban J connectivity index is 1.28.